The molecule has 39 heavy (non-hydrogen) atoms. The van der Waals surface area contributed by atoms with Crippen molar-refractivity contribution in [2.45, 2.75) is 18.9 Å². The Balaban J connectivity index is 1.29. The largest absolute Gasteiger partial charge is 0.493 e. The standard InChI is InChI=1S/C29H34N6O4/c1-37-27-19-21(18-22(20-30)28(27)39-25-7-16-38-17-8-25)26-6-9-31-29(33-26)32-23-2-4-24(5-3-23)35-12-10-34(11-13-35)14-15-36/h2-6,9,18-19,25,36H,7-8,10-17H2,1H3,(H,31,32,33). The van der Waals surface area contributed by atoms with Gasteiger partial charge in [-0.2, -0.15) is 5.26 Å². The number of ether oxygens (including phenoxy) is 3. The lowest BCUT2D eigenvalue weighted by atomic mass is 10.1. The van der Waals surface area contributed by atoms with Gasteiger partial charge in [-0.3, -0.25) is 4.90 Å². The number of piperazine rings is 1. The van der Waals surface area contributed by atoms with E-state index >= 15 is 0 Å². The summed E-state index contributed by atoms with van der Waals surface area (Å²) in [6.45, 7) is 5.99. The van der Waals surface area contributed by atoms with Gasteiger partial charge in [0.1, 0.15) is 12.2 Å². The first kappa shape index (κ1) is 26.7. The third-order valence-electron chi connectivity index (χ3n) is 7.08. The van der Waals surface area contributed by atoms with Crippen molar-refractivity contribution in [2.24, 2.45) is 0 Å². The van der Waals surface area contributed by atoms with Crippen LogP contribution in [0.25, 0.3) is 11.3 Å². The van der Waals surface area contributed by atoms with Crippen LogP contribution >= 0.6 is 0 Å². The third kappa shape index (κ3) is 6.57. The summed E-state index contributed by atoms with van der Waals surface area (Å²) in [5, 5.41) is 22.3. The van der Waals surface area contributed by atoms with E-state index in [0.717, 1.165) is 62.5 Å². The summed E-state index contributed by atoms with van der Waals surface area (Å²) >= 11 is 0. The average Bonchev–Trinajstić information content (AvgIpc) is 2.99. The maximum Gasteiger partial charge on any atom is 0.227 e. The highest BCUT2D eigenvalue weighted by Crippen LogP contribution is 2.37. The highest BCUT2D eigenvalue weighted by Gasteiger charge is 2.22. The van der Waals surface area contributed by atoms with Crippen LogP contribution in [0.5, 0.6) is 11.5 Å². The van der Waals surface area contributed by atoms with E-state index in [4.69, 9.17) is 24.3 Å². The summed E-state index contributed by atoms with van der Waals surface area (Å²) < 4.78 is 17.2. The van der Waals surface area contributed by atoms with Crippen molar-refractivity contribution < 1.29 is 19.3 Å². The zero-order valence-electron chi connectivity index (χ0n) is 22.2. The molecule has 0 saturated carbocycles. The van der Waals surface area contributed by atoms with Crippen molar-refractivity contribution in [3.63, 3.8) is 0 Å². The average molecular weight is 531 g/mol. The Hall–Kier alpha value is -3.91. The minimum absolute atomic E-state index is 0.0114. The minimum Gasteiger partial charge on any atom is -0.493 e. The Labute approximate surface area is 228 Å². The molecule has 3 aromatic rings. The number of nitriles is 1. The topological polar surface area (TPSA) is 116 Å². The zero-order valence-corrected chi connectivity index (χ0v) is 22.2. The van der Waals surface area contributed by atoms with Gasteiger partial charge in [0.05, 0.1) is 38.2 Å². The molecular formula is C29H34N6O4. The number of benzene rings is 2. The number of aliphatic hydroxyl groups excluding tert-OH is 1. The monoisotopic (exact) mass is 530 g/mol. The Morgan fingerprint density at radius 1 is 1.10 bits per heavy atom. The number of methoxy groups -OCH3 is 1. The number of β-amino-alcohol motifs (C(OH)–C–C–N with tert-alkyl or cyclic N) is 1. The fourth-order valence-electron chi connectivity index (χ4n) is 4.90. The Morgan fingerprint density at radius 3 is 2.56 bits per heavy atom. The molecule has 2 fully saturated rings. The van der Waals surface area contributed by atoms with E-state index in [9.17, 15) is 5.26 Å². The van der Waals surface area contributed by atoms with Crippen molar-refractivity contribution >= 4 is 17.3 Å². The Bertz CT molecular complexity index is 1280. The van der Waals surface area contributed by atoms with Gasteiger partial charge in [0.25, 0.3) is 0 Å². The molecule has 3 heterocycles. The number of nitrogens with one attached hydrogen (secondary N) is 1. The van der Waals surface area contributed by atoms with Gasteiger partial charge in [-0.15, -0.1) is 0 Å². The molecule has 2 aliphatic heterocycles. The molecular weight excluding hydrogens is 496 g/mol. The molecule has 0 unspecified atom stereocenters. The summed E-state index contributed by atoms with van der Waals surface area (Å²) in [7, 11) is 1.57. The van der Waals surface area contributed by atoms with Crippen LogP contribution in [0.3, 0.4) is 0 Å². The first-order chi connectivity index (χ1) is 19.2. The molecule has 0 amide bonds. The number of anilines is 3. The molecule has 0 bridgehead atoms. The molecule has 0 radical (unpaired) electrons. The van der Waals surface area contributed by atoms with Gasteiger partial charge >= 0.3 is 0 Å². The molecule has 0 spiro atoms. The van der Waals surface area contributed by atoms with Crippen LogP contribution in [0, 0.1) is 11.3 Å². The number of aliphatic hydroxyl groups is 1. The second-order valence-electron chi connectivity index (χ2n) is 9.59. The molecule has 10 nitrogen and oxygen atoms in total. The Kier molecular flexibility index (Phi) is 8.73. The van der Waals surface area contributed by atoms with Gasteiger partial charge in [-0.25, -0.2) is 9.97 Å². The molecule has 2 aromatic carbocycles. The number of aromatic nitrogens is 2. The first-order valence-electron chi connectivity index (χ1n) is 13.3. The van der Waals surface area contributed by atoms with Crippen LogP contribution in [0.1, 0.15) is 18.4 Å². The summed E-state index contributed by atoms with van der Waals surface area (Å²) in [6.07, 6.45) is 3.23. The fraction of sp³-hybridized carbons (Fsp3) is 0.414. The van der Waals surface area contributed by atoms with Gasteiger partial charge in [0.15, 0.2) is 11.5 Å². The van der Waals surface area contributed by atoms with Gasteiger partial charge < -0.3 is 29.5 Å². The van der Waals surface area contributed by atoms with Crippen molar-refractivity contribution in [2.75, 3.05) is 69.9 Å². The number of hydrogen-bond acceptors (Lipinski definition) is 10. The summed E-state index contributed by atoms with van der Waals surface area (Å²) in [5.74, 6) is 1.41. The predicted molar refractivity (Wildman–Crippen MR) is 149 cm³/mol. The highest BCUT2D eigenvalue weighted by atomic mass is 16.5. The maximum absolute atomic E-state index is 9.87. The van der Waals surface area contributed by atoms with E-state index in [1.54, 1.807) is 25.4 Å². The van der Waals surface area contributed by atoms with E-state index in [0.29, 0.717) is 41.9 Å². The van der Waals surface area contributed by atoms with Gasteiger partial charge in [-0.05, 0) is 42.5 Å². The smallest absolute Gasteiger partial charge is 0.227 e. The lowest BCUT2D eigenvalue weighted by Gasteiger charge is -2.35. The van der Waals surface area contributed by atoms with Crippen molar-refractivity contribution in [3.8, 4) is 28.8 Å². The van der Waals surface area contributed by atoms with Crippen LogP contribution in [-0.4, -0.2) is 85.7 Å². The van der Waals surface area contributed by atoms with Gasteiger partial charge in [0, 0.05) is 68.7 Å². The summed E-state index contributed by atoms with van der Waals surface area (Å²) in [6, 6.07) is 15.9. The van der Waals surface area contributed by atoms with E-state index in [1.807, 2.05) is 18.2 Å². The zero-order chi connectivity index (χ0) is 27.0. The van der Waals surface area contributed by atoms with Crippen LogP contribution in [0.2, 0.25) is 0 Å². The molecule has 2 N–H and O–H groups in total. The summed E-state index contributed by atoms with van der Waals surface area (Å²) in [5.41, 5.74) is 3.85. The molecule has 5 rings (SSSR count). The highest BCUT2D eigenvalue weighted by molar-refractivity contribution is 5.70. The Morgan fingerprint density at radius 2 is 1.87 bits per heavy atom. The van der Waals surface area contributed by atoms with Crippen molar-refractivity contribution in [1.82, 2.24) is 14.9 Å². The van der Waals surface area contributed by atoms with E-state index in [1.165, 1.54) is 0 Å². The van der Waals surface area contributed by atoms with Crippen molar-refractivity contribution in [1.29, 1.82) is 5.26 Å². The van der Waals surface area contributed by atoms with Gasteiger partial charge in [-0.1, -0.05) is 0 Å². The lowest BCUT2D eigenvalue weighted by Crippen LogP contribution is -2.47. The molecule has 0 aliphatic carbocycles. The van der Waals surface area contributed by atoms with Crippen LogP contribution in [0.15, 0.2) is 48.7 Å². The second kappa shape index (κ2) is 12.8. The van der Waals surface area contributed by atoms with Crippen LogP contribution in [0.4, 0.5) is 17.3 Å². The first-order valence-corrected chi connectivity index (χ1v) is 13.3. The SMILES string of the molecule is COc1cc(-c2ccnc(Nc3ccc(N4CCN(CCO)CC4)cc3)n2)cc(C#N)c1OC1CCOCC1. The van der Waals surface area contributed by atoms with E-state index in [-0.39, 0.29) is 12.7 Å². The van der Waals surface area contributed by atoms with Gasteiger partial charge in [0.2, 0.25) is 5.95 Å². The van der Waals surface area contributed by atoms with Crippen LogP contribution < -0.4 is 19.7 Å². The molecule has 2 aliphatic rings. The normalized spacial score (nSPS) is 16.5. The number of rotatable bonds is 9. The predicted octanol–water partition coefficient (Wildman–Crippen LogP) is 3.44. The third-order valence-corrected chi connectivity index (χ3v) is 7.08. The quantitative estimate of drug-likeness (QED) is 0.426. The van der Waals surface area contributed by atoms with E-state index < -0.39 is 0 Å². The molecule has 2 saturated heterocycles. The second-order valence-corrected chi connectivity index (χ2v) is 9.59. The van der Waals surface area contributed by atoms with Crippen molar-refractivity contribution in [3.05, 3.63) is 54.2 Å². The van der Waals surface area contributed by atoms with Crippen LogP contribution in [-0.2, 0) is 4.74 Å². The fourth-order valence-corrected chi connectivity index (χ4v) is 4.90. The summed E-state index contributed by atoms with van der Waals surface area (Å²) in [4.78, 5) is 13.7. The maximum atomic E-state index is 9.87. The number of hydrogen-bond donors (Lipinski definition) is 2. The molecule has 204 valence electrons. The lowest BCUT2D eigenvalue weighted by molar-refractivity contribution is 0.0244. The molecule has 1 aromatic heterocycles. The minimum atomic E-state index is -0.0114. The molecule has 0 atom stereocenters. The van der Waals surface area contributed by atoms with E-state index in [2.05, 4.69) is 38.3 Å². The number of nitrogens with zero attached hydrogens (tertiary/aromatic N) is 5. The molecule has 10 heteroatoms.